The van der Waals surface area contributed by atoms with E-state index in [1.54, 1.807) is 7.11 Å². The van der Waals surface area contributed by atoms with E-state index in [-0.39, 0.29) is 5.91 Å². The molecule has 2 heterocycles. The lowest BCUT2D eigenvalue weighted by Gasteiger charge is -2.16. The molecule has 0 spiro atoms. The molecule has 104 valence electrons. The molecule has 0 atom stereocenters. The molecule has 0 aliphatic carbocycles. The standard InChI is InChI=1S/C15H17N3O2/c1-20-7-6-18-10-13(9-17-18)12-3-2-11-4-5-16-15(19)14(11)8-12/h2-3,8-10H,4-7H2,1H3,(H,16,19). The van der Waals surface area contributed by atoms with Crippen LogP contribution in [0.1, 0.15) is 15.9 Å². The minimum Gasteiger partial charge on any atom is -0.383 e. The van der Waals surface area contributed by atoms with Crippen molar-refractivity contribution in [3.63, 3.8) is 0 Å². The van der Waals surface area contributed by atoms with Crippen molar-refractivity contribution in [3.05, 3.63) is 41.7 Å². The van der Waals surface area contributed by atoms with Crippen molar-refractivity contribution in [1.82, 2.24) is 15.1 Å². The quantitative estimate of drug-likeness (QED) is 0.916. The first-order valence-electron chi connectivity index (χ1n) is 6.71. The van der Waals surface area contributed by atoms with Crippen molar-refractivity contribution in [3.8, 4) is 11.1 Å². The summed E-state index contributed by atoms with van der Waals surface area (Å²) in [5, 5.41) is 7.17. The van der Waals surface area contributed by atoms with Gasteiger partial charge in [0, 0.05) is 31.0 Å². The minimum atomic E-state index is 0.0138. The molecule has 1 aromatic heterocycles. The van der Waals surface area contributed by atoms with Gasteiger partial charge in [0.2, 0.25) is 0 Å². The van der Waals surface area contributed by atoms with Gasteiger partial charge in [-0.15, -0.1) is 0 Å². The van der Waals surface area contributed by atoms with Crippen LogP contribution in [0.25, 0.3) is 11.1 Å². The van der Waals surface area contributed by atoms with E-state index in [4.69, 9.17) is 4.74 Å². The van der Waals surface area contributed by atoms with Crippen molar-refractivity contribution < 1.29 is 9.53 Å². The Morgan fingerprint density at radius 2 is 2.30 bits per heavy atom. The Morgan fingerprint density at radius 3 is 3.15 bits per heavy atom. The summed E-state index contributed by atoms with van der Waals surface area (Å²) >= 11 is 0. The maximum atomic E-state index is 11.9. The van der Waals surface area contributed by atoms with Gasteiger partial charge in [0.25, 0.3) is 5.91 Å². The highest BCUT2D eigenvalue weighted by Gasteiger charge is 2.17. The zero-order valence-corrected chi connectivity index (χ0v) is 11.4. The molecule has 5 nitrogen and oxygen atoms in total. The lowest BCUT2D eigenvalue weighted by atomic mass is 9.96. The maximum Gasteiger partial charge on any atom is 0.251 e. The summed E-state index contributed by atoms with van der Waals surface area (Å²) in [4.78, 5) is 11.9. The zero-order valence-electron chi connectivity index (χ0n) is 11.4. The summed E-state index contributed by atoms with van der Waals surface area (Å²) in [5.74, 6) is 0.0138. The molecule has 0 radical (unpaired) electrons. The Hall–Kier alpha value is -2.14. The number of carbonyl (C=O) groups is 1. The average molecular weight is 271 g/mol. The molecule has 20 heavy (non-hydrogen) atoms. The second-order valence-corrected chi connectivity index (χ2v) is 4.86. The summed E-state index contributed by atoms with van der Waals surface area (Å²) in [5.41, 5.74) is 3.93. The molecule has 2 aromatic rings. The van der Waals surface area contributed by atoms with E-state index in [9.17, 15) is 4.79 Å². The van der Waals surface area contributed by atoms with Crippen molar-refractivity contribution in [2.24, 2.45) is 0 Å². The van der Waals surface area contributed by atoms with Gasteiger partial charge in [-0.1, -0.05) is 12.1 Å². The third-order valence-electron chi connectivity index (χ3n) is 3.53. The molecule has 1 aliphatic rings. The predicted molar refractivity (Wildman–Crippen MR) is 75.6 cm³/mol. The Labute approximate surface area is 117 Å². The predicted octanol–water partition coefficient (Wildman–Crippen LogP) is 1.48. The molecular weight excluding hydrogens is 254 g/mol. The molecule has 0 fully saturated rings. The normalized spacial score (nSPS) is 13.9. The highest BCUT2D eigenvalue weighted by atomic mass is 16.5. The van der Waals surface area contributed by atoms with Crippen molar-refractivity contribution in [2.75, 3.05) is 20.3 Å². The van der Waals surface area contributed by atoms with Crippen molar-refractivity contribution in [1.29, 1.82) is 0 Å². The summed E-state index contributed by atoms with van der Waals surface area (Å²) in [6, 6.07) is 6.03. The number of nitrogens with zero attached hydrogens (tertiary/aromatic N) is 2. The van der Waals surface area contributed by atoms with Gasteiger partial charge < -0.3 is 10.1 Å². The molecule has 0 unspecified atom stereocenters. The number of fused-ring (bicyclic) bond motifs is 1. The Balaban J connectivity index is 1.88. The molecule has 5 heteroatoms. The number of aromatic nitrogens is 2. The lowest BCUT2D eigenvalue weighted by Crippen LogP contribution is -2.31. The second kappa shape index (κ2) is 5.46. The van der Waals surface area contributed by atoms with Crippen LogP contribution in [0.2, 0.25) is 0 Å². The molecule has 0 saturated heterocycles. The first kappa shape index (κ1) is 12.9. The minimum absolute atomic E-state index is 0.0138. The highest BCUT2D eigenvalue weighted by molar-refractivity contribution is 5.97. The molecule has 1 aromatic carbocycles. The van der Waals surface area contributed by atoms with E-state index in [0.29, 0.717) is 6.61 Å². The zero-order chi connectivity index (χ0) is 13.9. The summed E-state index contributed by atoms with van der Waals surface area (Å²) in [7, 11) is 1.67. The van der Waals surface area contributed by atoms with Gasteiger partial charge in [-0.3, -0.25) is 9.48 Å². The number of ether oxygens (including phenoxy) is 1. The average Bonchev–Trinajstić information content (AvgIpc) is 2.94. The van der Waals surface area contributed by atoms with Gasteiger partial charge in [0.05, 0.1) is 19.3 Å². The molecule has 3 rings (SSSR count). The first-order valence-corrected chi connectivity index (χ1v) is 6.71. The van der Waals surface area contributed by atoms with Crippen LogP contribution >= 0.6 is 0 Å². The van der Waals surface area contributed by atoms with Crippen LogP contribution in [0.15, 0.2) is 30.6 Å². The van der Waals surface area contributed by atoms with Crippen LogP contribution < -0.4 is 5.32 Å². The Bertz CT molecular complexity index is 634. The van der Waals surface area contributed by atoms with Gasteiger partial charge >= 0.3 is 0 Å². The van der Waals surface area contributed by atoms with E-state index in [2.05, 4.69) is 16.5 Å². The maximum absolute atomic E-state index is 11.9. The number of carbonyl (C=O) groups excluding carboxylic acids is 1. The van der Waals surface area contributed by atoms with Crippen LogP contribution in [0.3, 0.4) is 0 Å². The molecular formula is C15H17N3O2. The lowest BCUT2D eigenvalue weighted by molar-refractivity contribution is 0.0946. The fraction of sp³-hybridized carbons (Fsp3) is 0.333. The third kappa shape index (κ3) is 2.44. The van der Waals surface area contributed by atoms with Crippen LogP contribution in [-0.4, -0.2) is 35.9 Å². The number of hydrogen-bond donors (Lipinski definition) is 1. The molecule has 0 bridgehead atoms. The van der Waals surface area contributed by atoms with Crippen LogP contribution in [0, 0.1) is 0 Å². The number of nitrogens with one attached hydrogen (secondary N) is 1. The van der Waals surface area contributed by atoms with Gasteiger partial charge in [-0.2, -0.15) is 5.10 Å². The fourth-order valence-electron chi connectivity index (χ4n) is 2.41. The van der Waals surface area contributed by atoms with Gasteiger partial charge in [-0.25, -0.2) is 0 Å². The third-order valence-corrected chi connectivity index (χ3v) is 3.53. The van der Waals surface area contributed by atoms with Gasteiger partial charge in [-0.05, 0) is 23.6 Å². The monoisotopic (exact) mass is 271 g/mol. The van der Waals surface area contributed by atoms with Gasteiger partial charge in [0.1, 0.15) is 0 Å². The van der Waals surface area contributed by atoms with E-state index in [1.165, 1.54) is 0 Å². The molecule has 1 N–H and O–H groups in total. The number of hydrogen-bond acceptors (Lipinski definition) is 3. The van der Waals surface area contributed by atoms with E-state index in [0.717, 1.165) is 41.8 Å². The molecule has 0 saturated carbocycles. The summed E-state index contributed by atoms with van der Waals surface area (Å²) in [6.45, 7) is 2.08. The fourth-order valence-corrected chi connectivity index (χ4v) is 2.41. The smallest absolute Gasteiger partial charge is 0.251 e. The topological polar surface area (TPSA) is 56.1 Å². The molecule has 1 amide bonds. The SMILES string of the molecule is COCCn1cc(-c2ccc3c(c2)C(=O)NCC3)cn1. The van der Waals surface area contributed by atoms with Crippen LogP contribution in [0.5, 0.6) is 0 Å². The van der Waals surface area contributed by atoms with Crippen LogP contribution in [0.4, 0.5) is 0 Å². The van der Waals surface area contributed by atoms with E-state index < -0.39 is 0 Å². The number of rotatable bonds is 4. The number of benzene rings is 1. The van der Waals surface area contributed by atoms with E-state index >= 15 is 0 Å². The number of methoxy groups -OCH3 is 1. The first-order chi connectivity index (χ1) is 9.78. The Kier molecular flexibility index (Phi) is 3.52. The number of amides is 1. The highest BCUT2D eigenvalue weighted by Crippen LogP contribution is 2.24. The summed E-state index contributed by atoms with van der Waals surface area (Å²) in [6.07, 6.45) is 4.69. The van der Waals surface area contributed by atoms with E-state index in [1.807, 2.05) is 29.2 Å². The Morgan fingerprint density at radius 1 is 1.40 bits per heavy atom. The summed E-state index contributed by atoms with van der Waals surface area (Å²) < 4.78 is 6.88. The van der Waals surface area contributed by atoms with Crippen LogP contribution in [-0.2, 0) is 17.7 Å². The van der Waals surface area contributed by atoms with Gasteiger partial charge in [0.15, 0.2) is 0 Å². The molecule has 1 aliphatic heterocycles. The van der Waals surface area contributed by atoms with Crippen molar-refractivity contribution >= 4 is 5.91 Å². The van der Waals surface area contributed by atoms with Crippen molar-refractivity contribution in [2.45, 2.75) is 13.0 Å². The second-order valence-electron chi connectivity index (χ2n) is 4.86. The largest absolute Gasteiger partial charge is 0.383 e.